The van der Waals surface area contributed by atoms with Gasteiger partial charge in [-0.05, 0) is 24.3 Å². The Balaban J connectivity index is 0.000000520. The molecule has 1 aliphatic rings. The number of pyridine rings is 2. The van der Waals surface area contributed by atoms with E-state index in [0.29, 0.717) is 0 Å². The van der Waals surface area contributed by atoms with Gasteiger partial charge < -0.3 is 4.74 Å². The predicted molar refractivity (Wildman–Crippen MR) is 137 cm³/mol. The van der Waals surface area contributed by atoms with Crippen LogP contribution in [-0.4, -0.2) is 29.0 Å². The maximum absolute atomic E-state index is 10.7. The SMILES string of the molecule is CC#N.CC#N.F[P-](F)(F)(F)(F)F.[Os].c1ccc(C2=NCCO2)cc1.c1cnc2c(c1)ccc1cccnc12. The average Bonchev–Trinajstić information content (AvgIpc) is 3.39. The molecule has 0 saturated heterocycles. The molecule has 0 aliphatic carbocycles. The second-order valence-electron chi connectivity index (χ2n) is 7.02. The van der Waals surface area contributed by atoms with Gasteiger partial charge in [0.05, 0.1) is 29.7 Å². The summed E-state index contributed by atoms with van der Waals surface area (Å²) < 4.78 is 64.5. The summed E-state index contributed by atoms with van der Waals surface area (Å²) in [6.07, 6.45) is 3.60. The molecule has 0 N–H and O–H groups in total. The quantitative estimate of drug-likeness (QED) is 0.111. The fraction of sp³-hybridized carbons (Fsp3) is 0.160. The number of ether oxygens (including phenoxy) is 1. The summed E-state index contributed by atoms with van der Waals surface area (Å²) in [7, 11) is -10.7. The van der Waals surface area contributed by atoms with Crippen LogP contribution in [0.5, 0.6) is 0 Å². The Labute approximate surface area is 234 Å². The Hall–Kier alpha value is -3.64. The van der Waals surface area contributed by atoms with Crippen LogP contribution in [0, 0.1) is 22.7 Å². The monoisotopic (exact) mass is 746 g/mol. The summed E-state index contributed by atoms with van der Waals surface area (Å²) in [6.45, 7) is 4.38. The van der Waals surface area contributed by atoms with Gasteiger partial charge in [0, 0.05) is 62.4 Å². The van der Waals surface area contributed by atoms with Gasteiger partial charge in [0.25, 0.3) is 0 Å². The molecule has 0 radical (unpaired) electrons. The number of hydrogen-bond acceptors (Lipinski definition) is 6. The molecule has 0 unspecified atom stereocenters. The first-order chi connectivity index (χ1) is 17.7. The van der Waals surface area contributed by atoms with E-state index in [1.807, 2.05) is 42.5 Å². The van der Waals surface area contributed by atoms with Crippen LogP contribution in [0.25, 0.3) is 21.8 Å². The number of nitriles is 2. The Bertz CT molecular complexity index is 1360. The van der Waals surface area contributed by atoms with Crippen molar-refractivity contribution in [2.75, 3.05) is 13.2 Å². The Morgan fingerprint density at radius 1 is 0.718 bits per heavy atom. The van der Waals surface area contributed by atoms with E-state index in [1.54, 1.807) is 24.5 Å². The number of halogens is 6. The largest absolute Gasteiger partial charge is 0.476 e. The second kappa shape index (κ2) is 15.1. The molecule has 4 aromatic rings. The summed E-state index contributed by atoms with van der Waals surface area (Å²) in [5.41, 5.74) is 3.03. The smallest absolute Gasteiger partial charge is 0.216 e. The molecule has 0 saturated carbocycles. The van der Waals surface area contributed by atoms with Crippen LogP contribution in [0.1, 0.15) is 19.4 Å². The maximum Gasteiger partial charge on any atom is 0.216 e. The molecule has 0 bridgehead atoms. The van der Waals surface area contributed by atoms with E-state index >= 15 is 0 Å². The fourth-order valence-electron chi connectivity index (χ4n) is 2.77. The molecular formula is C25H23F6N5OOsP-. The van der Waals surface area contributed by atoms with Crippen molar-refractivity contribution in [2.24, 2.45) is 4.99 Å². The first kappa shape index (κ1) is 35.4. The molecule has 0 fully saturated rings. The zero-order valence-electron chi connectivity index (χ0n) is 20.6. The van der Waals surface area contributed by atoms with Crippen molar-refractivity contribution < 1.29 is 49.7 Å². The van der Waals surface area contributed by atoms with Crippen LogP contribution in [0.15, 0.2) is 84.1 Å². The van der Waals surface area contributed by atoms with Gasteiger partial charge in [-0.1, -0.05) is 42.5 Å². The van der Waals surface area contributed by atoms with Crippen molar-refractivity contribution in [1.82, 2.24) is 9.97 Å². The number of aliphatic imine (C=N–C) groups is 1. The zero-order chi connectivity index (χ0) is 28.7. The van der Waals surface area contributed by atoms with Crippen LogP contribution < -0.4 is 0 Å². The van der Waals surface area contributed by atoms with Crippen LogP contribution >= 0.6 is 7.81 Å². The zero-order valence-corrected chi connectivity index (χ0v) is 24.1. The molecule has 14 heteroatoms. The van der Waals surface area contributed by atoms with Crippen molar-refractivity contribution >= 4 is 35.5 Å². The molecule has 2 aromatic heterocycles. The van der Waals surface area contributed by atoms with E-state index in [9.17, 15) is 25.2 Å². The van der Waals surface area contributed by atoms with Gasteiger partial charge in [-0.25, -0.2) is 4.99 Å². The topological polar surface area (TPSA) is 95.0 Å². The van der Waals surface area contributed by atoms with Gasteiger partial charge in [-0.15, -0.1) is 0 Å². The van der Waals surface area contributed by atoms with Crippen molar-refractivity contribution in [1.29, 1.82) is 10.5 Å². The molecule has 3 heterocycles. The molecule has 6 nitrogen and oxygen atoms in total. The van der Waals surface area contributed by atoms with Crippen molar-refractivity contribution in [3.05, 3.63) is 84.7 Å². The first-order valence-corrected chi connectivity index (χ1v) is 12.7. The van der Waals surface area contributed by atoms with Gasteiger partial charge in [0.15, 0.2) is 0 Å². The van der Waals surface area contributed by atoms with E-state index in [2.05, 4.69) is 39.2 Å². The van der Waals surface area contributed by atoms with Gasteiger partial charge in [0.1, 0.15) is 6.61 Å². The number of aromatic nitrogens is 2. The number of benzene rings is 2. The number of fused-ring (bicyclic) bond motifs is 3. The molecule has 0 amide bonds. The first-order valence-electron chi connectivity index (χ1n) is 10.7. The molecule has 5 rings (SSSR count). The summed E-state index contributed by atoms with van der Waals surface area (Å²) in [5, 5.41) is 16.9. The van der Waals surface area contributed by atoms with E-state index in [1.165, 1.54) is 13.8 Å². The van der Waals surface area contributed by atoms with Crippen LogP contribution in [0.3, 0.4) is 0 Å². The molecule has 39 heavy (non-hydrogen) atoms. The number of rotatable bonds is 1. The molecular weight excluding hydrogens is 722 g/mol. The molecule has 2 aromatic carbocycles. The summed E-state index contributed by atoms with van der Waals surface area (Å²) in [5.74, 6) is 0.783. The Morgan fingerprint density at radius 2 is 1.13 bits per heavy atom. The maximum atomic E-state index is 9.87. The van der Waals surface area contributed by atoms with Gasteiger partial charge >= 0.3 is 33.0 Å². The standard InChI is InChI=1S/C12H8N2.C9H9NO.2C2H3N.F6P.Os/c1-3-9-5-6-10-4-2-8-14-12(10)11(9)13-7-1;1-2-4-8(5-3-1)9-10-6-7-11-9;2*1-2-3;1-7(2,3,4,5)6;/h1-8H;1-5H,6-7H2;2*1H3;;/q;;;;-1;. The van der Waals surface area contributed by atoms with Gasteiger partial charge in [-0.2, -0.15) is 10.5 Å². The second-order valence-corrected chi connectivity index (χ2v) is 8.94. The minimum atomic E-state index is -10.7. The van der Waals surface area contributed by atoms with Gasteiger partial charge in [0.2, 0.25) is 5.90 Å². The number of hydrogen-bond donors (Lipinski definition) is 0. The van der Waals surface area contributed by atoms with Crippen molar-refractivity contribution in [2.45, 2.75) is 13.8 Å². The van der Waals surface area contributed by atoms with E-state index in [-0.39, 0.29) is 19.8 Å². The molecule has 210 valence electrons. The molecule has 0 atom stereocenters. The summed E-state index contributed by atoms with van der Waals surface area (Å²) in [6, 6.07) is 25.6. The summed E-state index contributed by atoms with van der Waals surface area (Å²) >= 11 is 0. The predicted octanol–water partition coefficient (Wildman–Crippen LogP) is 8.69. The minimum absolute atomic E-state index is 0. The van der Waals surface area contributed by atoms with E-state index in [4.69, 9.17) is 15.3 Å². The van der Waals surface area contributed by atoms with Crippen molar-refractivity contribution in [3.8, 4) is 12.1 Å². The average molecular weight is 745 g/mol. The molecule has 1 aliphatic heterocycles. The summed E-state index contributed by atoms with van der Waals surface area (Å²) in [4.78, 5) is 12.9. The fourth-order valence-corrected chi connectivity index (χ4v) is 2.77. The normalized spacial score (nSPS) is 12.9. The number of nitrogens with zero attached hydrogens (tertiary/aromatic N) is 5. The van der Waals surface area contributed by atoms with Crippen molar-refractivity contribution in [3.63, 3.8) is 0 Å². The third-order valence-electron chi connectivity index (χ3n) is 3.95. The van der Waals surface area contributed by atoms with Crippen LogP contribution in [-0.2, 0) is 24.5 Å². The third kappa shape index (κ3) is 16.7. The third-order valence-corrected chi connectivity index (χ3v) is 3.95. The minimum Gasteiger partial charge on any atom is -0.476 e. The van der Waals surface area contributed by atoms with Gasteiger partial charge in [-0.3, -0.25) is 9.97 Å². The van der Waals surface area contributed by atoms with Crippen LogP contribution in [0.2, 0.25) is 0 Å². The molecule has 0 spiro atoms. The van der Waals surface area contributed by atoms with E-state index in [0.717, 1.165) is 46.4 Å². The Kier molecular flexibility index (Phi) is 13.7. The van der Waals surface area contributed by atoms with E-state index < -0.39 is 7.81 Å². The van der Waals surface area contributed by atoms with Crippen LogP contribution in [0.4, 0.5) is 25.2 Å². The Morgan fingerprint density at radius 3 is 1.49 bits per heavy atom.